The number of benzene rings is 2. The molecule has 0 fully saturated rings. The van der Waals surface area contributed by atoms with E-state index in [2.05, 4.69) is 0 Å². The summed E-state index contributed by atoms with van der Waals surface area (Å²) in [6.45, 7) is 0. The highest BCUT2D eigenvalue weighted by atomic mass is 16.5. The zero-order valence-corrected chi connectivity index (χ0v) is 22.5. The molecule has 0 saturated carbocycles. The number of allylic oxidation sites excluding steroid dienone is 1. The number of aromatic hydroxyl groups is 1. The molecule has 2 aromatic carbocycles. The van der Waals surface area contributed by atoms with Crippen LogP contribution in [-0.4, -0.2) is 75.6 Å². The Balaban J connectivity index is 1.59. The van der Waals surface area contributed by atoms with E-state index in [-0.39, 0.29) is 29.7 Å². The normalized spacial score (nSPS) is 26.0. The maximum Gasteiger partial charge on any atom is 0.255 e. The average Bonchev–Trinajstić information content (AvgIpc) is 2.90. The number of phenolic OH excluding ortho intramolecular Hbond substituents is 1. The molecular weight excluding hydrogens is 516 g/mol. The van der Waals surface area contributed by atoms with Crippen molar-refractivity contribution in [2.75, 3.05) is 21.2 Å². The van der Waals surface area contributed by atoms with Crippen LogP contribution in [0.15, 0.2) is 59.1 Å². The summed E-state index contributed by atoms with van der Waals surface area (Å²) < 4.78 is 5.31. The van der Waals surface area contributed by atoms with Crippen molar-refractivity contribution in [2.24, 2.45) is 17.6 Å². The number of ketones is 2. The van der Waals surface area contributed by atoms with Crippen LogP contribution in [0.3, 0.4) is 0 Å². The van der Waals surface area contributed by atoms with E-state index in [1.807, 2.05) is 24.3 Å². The smallest absolute Gasteiger partial charge is 0.255 e. The third-order valence-electron chi connectivity index (χ3n) is 8.52. The fourth-order valence-electron chi connectivity index (χ4n) is 6.66. The molecule has 3 aliphatic carbocycles. The number of aliphatic hydroxyl groups excluding tert-OH is 2. The number of aliphatic hydroxyl groups is 3. The van der Waals surface area contributed by atoms with Crippen molar-refractivity contribution in [1.29, 1.82) is 0 Å². The van der Waals surface area contributed by atoms with Gasteiger partial charge in [0.25, 0.3) is 5.91 Å². The van der Waals surface area contributed by atoms with Gasteiger partial charge in [-0.2, -0.15) is 0 Å². The van der Waals surface area contributed by atoms with Crippen molar-refractivity contribution < 1.29 is 39.5 Å². The van der Waals surface area contributed by atoms with Gasteiger partial charge < -0.3 is 30.9 Å². The van der Waals surface area contributed by atoms with Crippen LogP contribution in [0.25, 0.3) is 0 Å². The molecule has 6 N–H and O–H groups in total. The fourth-order valence-corrected chi connectivity index (χ4v) is 6.66. The lowest BCUT2D eigenvalue weighted by Gasteiger charge is -2.50. The molecular formula is C30H32N2O8. The summed E-state index contributed by atoms with van der Waals surface area (Å²) in [5.74, 6) is -5.85. The first-order chi connectivity index (χ1) is 18.9. The lowest BCUT2D eigenvalue weighted by atomic mass is 9.58. The van der Waals surface area contributed by atoms with Crippen molar-refractivity contribution in [3.8, 4) is 11.5 Å². The standard InChI is InChI=1S/C30H32N2O8/c1-32(2)24-19-13-16-12-18-15(8-7-14-5-4-6-17(11-14)40-3)9-10-20(33)22(18)25(34)21(16)27(36)30(19,39)28(37)23(26(24)35)29(31)38/h4-6,9-11,16,19,24,33,35-36,39H,7-8,12-13H2,1-3H3,(H2,31,38)/t16-,19+,24+,30+/m1/s1. The Morgan fingerprint density at radius 1 is 1.12 bits per heavy atom. The number of hydrogen-bond donors (Lipinski definition) is 5. The summed E-state index contributed by atoms with van der Waals surface area (Å²) >= 11 is 0. The number of aryl methyl sites for hydroxylation is 2. The van der Waals surface area contributed by atoms with E-state index >= 15 is 0 Å². The molecule has 0 aromatic heterocycles. The Kier molecular flexibility index (Phi) is 6.71. The van der Waals surface area contributed by atoms with E-state index in [1.54, 1.807) is 27.3 Å². The summed E-state index contributed by atoms with van der Waals surface area (Å²) in [4.78, 5) is 40.8. The summed E-state index contributed by atoms with van der Waals surface area (Å²) in [7, 11) is 4.79. The number of fused-ring (bicyclic) bond motifs is 3. The number of carbonyl (C=O) groups excluding carboxylic acids is 3. The number of rotatable bonds is 6. The monoisotopic (exact) mass is 548 g/mol. The molecule has 0 bridgehead atoms. The van der Waals surface area contributed by atoms with Gasteiger partial charge in [-0.3, -0.25) is 19.3 Å². The Hall–Kier alpha value is -4.15. The zero-order valence-electron chi connectivity index (χ0n) is 22.5. The first-order valence-electron chi connectivity index (χ1n) is 13.0. The number of hydrogen-bond acceptors (Lipinski definition) is 9. The summed E-state index contributed by atoms with van der Waals surface area (Å²) in [5.41, 5.74) is 4.28. The third-order valence-corrected chi connectivity index (χ3v) is 8.52. The zero-order chi connectivity index (χ0) is 29.1. The molecule has 0 radical (unpaired) electrons. The van der Waals surface area contributed by atoms with Crippen LogP contribution in [-0.2, 0) is 28.9 Å². The highest BCUT2D eigenvalue weighted by molar-refractivity contribution is 6.24. The van der Waals surface area contributed by atoms with Crippen LogP contribution in [0, 0.1) is 11.8 Å². The predicted octanol–water partition coefficient (Wildman–Crippen LogP) is 1.91. The number of nitrogens with zero attached hydrogens (tertiary/aromatic N) is 1. The second-order valence-electron chi connectivity index (χ2n) is 10.9. The number of likely N-dealkylation sites (N-methyl/N-ethyl adjacent to an activating group) is 1. The lowest BCUT2D eigenvalue weighted by Crippen LogP contribution is -2.63. The summed E-state index contributed by atoms with van der Waals surface area (Å²) in [6, 6.07) is 9.83. The van der Waals surface area contributed by atoms with Gasteiger partial charge in [0.1, 0.15) is 28.6 Å². The van der Waals surface area contributed by atoms with E-state index in [4.69, 9.17) is 10.5 Å². The first-order valence-corrected chi connectivity index (χ1v) is 13.0. The van der Waals surface area contributed by atoms with Gasteiger partial charge in [-0.25, -0.2) is 0 Å². The minimum absolute atomic E-state index is 0.0175. The van der Waals surface area contributed by atoms with Gasteiger partial charge in [0.15, 0.2) is 11.4 Å². The molecule has 0 unspecified atom stereocenters. The molecule has 10 heteroatoms. The minimum atomic E-state index is -2.65. The van der Waals surface area contributed by atoms with Crippen molar-refractivity contribution in [2.45, 2.75) is 37.3 Å². The van der Waals surface area contributed by atoms with Gasteiger partial charge in [-0.05, 0) is 80.6 Å². The molecule has 0 heterocycles. The van der Waals surface area contributed by atoms with E-state index in [9.17, 15) is 34.8 Å². The summed E-state index contributed by atoms with van der Waals surface area (Å²) in [6.07, 6.45) is 1.53. The highest BCUT2D eigenvalue weighted by Gasteiger charge is 2.63. The number of carbonyl (C=O) groups is 3. The van der Waals surface area contributed by atoms with E-state index in [1.165, 1.54) is 11.0 Å². The number of methoxy groups -OCH3 is 1. The highest BCUT2D eigenvalue weighted by Crippen LogP contribution is 2.52. The van der Waals surface area contributed by atoms with E-state index in [0.29, 0.717) is 18.4 Å². The van der Waals surface area contributed by atoms with Crippen LogP contribution in [0.2, 0.25) is 0 Å². The molecule has 0 saturated heterocycles. The maximum atomic E-state index is 13.8. The minimum Gasteiger partial charge on any atom is -0.510 e. The molecule has 4 atom stereocenters. The second kappa shape index (κ2) is 9.79. The Bertz CT molecular complexity index is 1510. The van der Waals surface area contributed by atoms with Gasteiger partial charge in [0, 0.05) is 11.5 Å². The number of primary amides is 1. The van der Waals surface area contributed by atoms with Gasteiger partial charge in [0.05, 0.1) is 18.7 Å². The van der Waals surface area contributed by atoms with Crippen LogP contribution in [0.4, 0.5) is 0 Å². The molecule has 1 amide bonds. The van der Waals surface area contributed by atoms with Crippen LogP contribution >= 0.6 is 0 Å². The maximum absolute atomic E-state index is 13.8. The molecule has 10 nitrogen and oxygen atoms in total. The first kappa shape index (κ1) is 27.4. The Labute approximate surface area is 231 Å². The number of ether oxygens (including phenoxy) is 1. The molecule has 40 heavy (non-hydrogen) atoms. The average molecular weight is 549 g/mol. The van der Waals surface area contributed by atoms with E-state index in [0.717, 1.165) is 16.9 Å². The Morgan fingerprint density at radius 3 is 2.50 bits per heavy atom. The molecule has 3 aliphatic rings. The number of phenols is 1. The van der Waals surface area contributed by atoms with Gasteiger partial charge in [-0.1, -0.05) is 18.2 Å². The number of nitrogens with two attached hydrogens (primary N) is 1. The molecule has 0 spiro atoms. The Morgan fingerprint density at radius 2 is 1.85 bits per heavy atom. The van der Waals surface area contributed by atoms with Crippen LogP contribution in [0.5, 0.6) is 11.5 Å². The molecule has 2 aromatic rings. The lowest BCUT2D eigenvalue weighted by molar-refractivity contribution is -0.148. The van der Waals surface area contributed by atoms with Crippen LogP contribution in [0.1, 0.15) is 33.5 Å². The van der Waals surface area contributed by atoms with Crippen molar-refractivity contribution in [1.82, 2.24) is 4.90 Å². The topological polar surface area (TPSA) is 171 Å². The SMILES string of the molecule is COc1cccc(CCc2ccc(O)c3c2C[C@@H]2C[C@H]4[C@H](N(C)C)C(O)=C(C(N)=O)C(=O)[C@@]4(O)C(O)=C2C3=O)c1. The fraction of sp³-hybridized carbons (Fsp3) is 0.367. The molecule has 5 rings (SSSR count). The predicted molar refractivity (Wildman–Crippen MR) is 144 cm³/mol. The summed E-state index contributed by atoms with van der Waals surface area (Å²) in [5, 5.41) is 44.7. The molecule has 0 aliphatic heterocycles. The van der Waals surface area contributed by atoms with E-state index < -0.39 is 58.0 Å². The molecule has 210 valence electrons. The quantitative estimate of drug-likeness (QED) is 0.338. The van der Waals surface area contributed by atoms with Crippen molar-refractivity contribution in [3.05, 3.63) is 81.3 Å². The largest absolute Gasteiger partial charge is 0.510 e. The van der Waals surface area contributed by atoms with Crippen LogP contribution < -0.4 is 10.5 Å². The van der Waals surface area contributed by atoms with Gasteiger partial charge >= 0.3 is 0 Å². The van der Waals surface area contributed by atoms with Crippen molar-refractivity contribution in [3.63, 3.8) is 0 Å². The third kappa shape index (κ3) is 3.98. The number of amides is 1. The van der Waals surface area contributed by atoms with Gasteiger partial charge in [-0.15, -0.1) is 0 Å². The van der Waals surface area contributed by atoms with Crippen molar-refractivity contribution >= 4 is 17.5 Å². The second-order valence-corrected chi connectivity index (χ2v) is 10.9. The number of Topliss-reactive ketones (excluding diaryl/α,β-unsaturated/α-hetero) is 2. The van der Waals surface area contributed by atoms with Gasteiger partial charge in [0.2, 0.25) is 5.78 Å².